The van der Waals surface area contributed by atoms with Gasteiger partial charge in [0.1, 0.15) is 6.61 Å². The van der Waals surface area contributed by atoms with Gasteiger partial charge in [0.05, 0.1) is 0 Å². The molecule has 3 heteroatoms. The number of aromatic nitrogens is 1. The van der Waals surface area contributed by atoms with Crippen LogP contribution in [0.5, 0.6) is 5.88 Å². The Bertz CT molecular complexity index is 453. The Morgan fingerprint density at radius 3 is 2.82 bits per heavy atom. The lowest BCUT2D eigenvalue weighted by atomic mass is 10.3. The number of fused-ring (bicyclic) bond motifs is 1. The smallest absolute Gasteiger partial charge is 0.191 e. The van der Waals surface area contributed by atoms with E-state index in [9.17, 15) is 0 Å². The number of H-pyrrole nitrogens is 1. The lowest BCUT2D eigenvalue weighted by molar-refractivity contribution is 0.233. The van der Waals surface area contributed by atoms with Crippen LogP contribution in [0.15, 0.2) is 30.3 Å². The Morgan fingerprint density at radius 1 is 1.18 bits per heavy atom. The van der Waals surface area contributed by atoms with E-state index in [0.717, 1.165) is 24.5 Å². The summed E-state index contributed by atoms with van der Waals surface area (Å²) in [5, 5.41) is 1.21. The standard InChI is InChI=1S/C14H18N2O/c1-2-6-13-12(5-1)11-14(15-13)17-10-9-16-7-3-4-8-16/h1-2,5-6,11,15H,3-4,7-10H2. The highest BCUT2D eigenvalue weighted by molar-refractivity contribution is 5.81. The first-order valence-corrected chi connectivity index (χ1v) is 6.35. The summed E-state index contributed by atoms with van der Waals surface area (Å²) in [6.07, 6.45) is 2.68. The molecule has 1 aromatic carbocycles. The van der Waals surface area contributed by atoms with Gasteiger partial charge in [-0.05, 0) is 32.0 Å². The van der Waals surface area contributed by atoms with Crippen LogP contribution in [0.4, 0.5) is 0 Å². The van der Waals surface area contributed by atoms with E-state index in [0.29, 0.717) is 0 Å². The molecule has 0 atom stereocenters. The minimum absolute atomic E-state index is 0.771. The van der Waals surface area contributed by atoms with Crippen molar-refractivity contribution >= 4 is 10.9 Å². The lowest BCUT2D eigenvalue weighted by Gasteiger charge is -2.13. The third-order valence-electron chi connectivity index (χ3n) is 3.37. The van der Waals surface area contributed by atoms with Crippen LogP contribution in [-0.2, 0) is 0 Å². The van der Waals surface area contributed by atoms with Gasteiger partial charge in [-0.25, -0.2) is 0 Å². The zero-order valence-electron chi connectivity index (χ0n) is 9.98. The monoisotopic (exact) mass is 230 g/mol. The Labute approximate surface area is 101 Å². The molecule has 0 unspecified atom stereocenters. The Morgan fingerprint density at radius 2 is 2.00 bits per heavy atom. The van der Waals surface area contributed by atoms with Crippen molar-refractivity contribution in [2.24, 2.45) is 0 Å². The van der Waals surface area contributed by atoms with Gasteiger partial charge in [-0.3, -0.25) is 4.90 Å². The summed E-state index contributed by atoms with van der Waals surface area (Å²) in [6.45, 7) is 4.27. The maximum Gasteiger partial charge on any atom is 0.191 e. The molecule has 1 aliphatic heterocycles. The van der Waals surface area contributed by atoms with Gasteiger partial charge in [-0.2, -0.15) is 0 Å². The maximum atomic E-state index is 5.76. The van der Waals surface area contributed by atoms with E-state index in [-0.39, 0.29) is 0 Å². The van der Waals surface area contributed by atoms with E-state index in [2.05, 4.69) is 28.1 Å². The number of nitrogens with one attached hydrogen (secondary N) is 1. The second-order valence-corrected chi connectivity index (χ2v) is 4.62. The molecule has 0 aliphatic carbocycles. The SMILES string of the molecule is c1ccc2[nH]c(OCCN3CCCC3)cc2c1. The fourth-order valence-corrected chi connectivity index (χ4v) is 2.42. The minimum atomic E-state index is 0.771. The first-order chi connectivity index (χ1) is 8.42. The summed E-state index contributed by atoms with van der Waals surface area (Å²) in [5.74, 6) is 0.880. The van der Waals surface area contributed by atoms with Crippen LogP contribution in [0.1, 0.15) is 12.8 Å². The molecule has 90 valence electrons. The number of rotatable bonds is 4. The average molecular weight is 230 g/mol. The van der Waals surface area contributed by atoms with E-state index in [4.69, 9.17) is 4.74 Å². The van der Waals surface area contributed by atoms with Crippen molar-refractivity contribution in [1.29, 1.82) is 0 Å². The van der Waals surface area contributed by atoms with Crippen molar-refractivity contribution < 1.29 is 4.74 Å². The summed E-state index contributed by atoms with van der Waals surface area (Å²) in [6, 6.07) is 10.3. The van der Waals surface area contributed by atoms with Gasteiger partial charge in [0.2, 0.25) is 0 Å². The molecule has 0 radical (unpaired) electrons. The van der Waals surface area contributed by atoms with Crippen molar-refractivity contribution in [3.8, 4) is 5.88 Å². The topological polar surface area (TPSA) is 28.3 Å². The van der Waals surface area contributed by atoms with Gasteiger partial charge in [0, 0.05) is 23.5 Å². The van der Waals surface area contributed by atoms with Gasteiger partial charge in [0.15, 0.2) is 5.88 Å². The number of aromatic amines is 1. The second-order valence-electron chi connectivity index (χ2n) is 4.62. The van der Waals surface area contributed by atoms with E-state index in [1.165, 1.54) is 31.3 Å². The second kappa shape index (κ2) is 4.80. The van der Waals surface area contributed by atoms with Gasteiger partial charge >= 0.3 is 0 Å². The van der Waals surface area contributed by atoms with E-state index < -0.39 is 0 Å². The highest BCUT2D eigenvalue weighted by Gasteiger charge is 2.10. The Kier molecular flexibility index (Phi) is 3.01. The number of nitrogens with zero attached hydrogens (tertiary/aromatic N) is 1. The third kappa shape index (κ3) is 2.44. The fraction of sp³-hybridized carbons (Fsp3) is 0.429. The fourth-order valence-electron chi connectivity index (χ4n) is 2.42. The van der Waals surface area contributed by atoms with Gasteiger partial charge < -0.3 is 9.72 Å². The van der Waals surface area contributed by atoms with Crippen LogP contribution in [0.3, 0.4) is 0 Å². The molecule has 2 heterocycles. The van der Waals surface area contributed by atoms with Crippen molar-refractivity contribution in [2.75, 3.05) is 26.2 Å². The minimum Gasteiger partial charge on any atom is -0.478 e. The number of benzene rings is 1. The van der Waals surface area contributed by atoms with Gasteiger partial charge in [0.25, 0.3) is 0 Å². The normalized spacial score (nSPS) is 16.7. The summed E-state index contributed by atoms with van der Waals surface area (Å²) in [7, 11) is 0. The zero-order valence-corrected chi connectivity index (χ0v) is 9.98. The molecule has 2 aromatic rings. The van der Waals surface area contributed by atoms with Gasteiger partial charge in [-0.15, -0.1) is 0 Å². The molecular formula is C14H18N2O. The van der Waals surface area contributed by atoms with E-state index >= 15 is 0 Å². The first-order valence-electron chi connectivity index (χ1n) is 6.35. The van der Waals surface area contributed by atoms with Crippen LogP contribution >= 0.6 is 0 Å². The zero-order chi connectivity index (χ0) is 11.5. The van der Waals surface area contributed by atoms with Crippen molar-refractivity contribution in [3.05, 3.63) is 30.3 Å². The van der Waals surface area contributed by atoms with Crippen LogP contribution in [0.2, 0.25) is 0 Å². The molecule has 1 saturated heterocycles. The molecule has 0 spiro atoms. The summed E-state index contributed by atoms with van der Waals surface area (Å²) in [4.78, 5) is 5.74. The molecule has 3 nitrogen and oxygen atoms in total. The lowest BCUT2D eigenvalue weighted by Crippen LogP contribution is -2.25. The quantitative estimate of drug-likeness (QED) is 0.874. The number of likely N-dealkylation sites (tertiary alicyclic amines) is 1. The molecule has 1 N–H and O–H groups in total. The highest BCUT2D eigenvalue weighted by atomic mass is 16.5. The molecule has 1 aromatic heterocycles. The van der Waals surface area contributed by atoms with Crippen LogP contribution in [0, 0.1) is 0 Å². The third-order valence-corrected chi connectivity index (χ3v) is 3.37. The largest absolute Gasteiger partial charge is 0.478 e. The predicted octanol–water partition coefficient (Wildman–Crippen LogP) is 2.64. The number of para-hydroxylation sites is 1. The summed E-state index contributed by atoms with van der Waals surface area (Å²) >= 11 is 0. The van der Waals surface area contributed by atoms with Crippen LogP contribution in [-0.4, -0.2) is 36.1 Å². The van der Waals surface area contributed by atoms with Gasteiger partial charge in [-0.1, -0.05) is 18.2 Å². The van der Waals surface area contributed by atoms with Crippen LogP contribution in [0.25, 0.3) is 10.9 Å². The van der Waals surface area contributed by atoms with E-state index in [1.807, 2.05) is 12.1 Å². The first kappa shape index (κ1) is 10.7. The maximum absolute atomic E-state index is 5.76. The molecular weight excluding hydrogens is 212 g/mol. The van der Waals surface area contributed by atoms with Crippen molar-refractivity contribution in [1.82, 2.24) is 9.88 Å². The molecule has 0 saturated carbocycles. The molecule has 0 bridgehead atoms. The molecule has 1 fully saturated rings. The van der Waals surface area contributed by atoms with Crippen LogP contribution < -0.4 is 4.74 Å². The Hall–Kier alpha value is -1.48. The number of hydrogen-bond donors (Lipinski definition) is 1. The Balaban J connectivity index is 1.57. The molecule has 1 aliphatic rings. The summed E-state index contributed by atoms with van der Waals surface area (Å²) < 4.78 is 5.76. The number of ether oxygens (including phenoxy) is 1. The number of hydrogen-bond acceptors (Lipinski definition) is 2. The average Bonchev–Trinajstić information content (AvgIpc) is 2.96. The predicted molar refractivity (Wildman–Crippen MR) is 69.5 cm³/mol. The van der Waals surface area contributed by atoms with E-state index in [1.54, 1.807) is 0 Å². The molecule has 0 amide bonds. The molecule has 3 rings (SSSR count). The van der Waals surface area contributed by atoms with Crippen molar-refractivity contribution in [3.63, 3.8) is 0 Å². The van der Waals surface area contributed by atoms with Crippen molar-refractivity contribution in [2.45, 2.75) is 12.8 Å². The highest BCUT2D eigenvalue weighted by Crippen LogP contribution is 2.19. The molecule has 17 heavy (non-hydrogen) atoms. The summed E-state index contributed by atoms with van der Waals surface area (Å²) in [5.41, 5.74) is 1.14.